The van der Waals surface area contributed by atoms with E-state index >= 15 is 0 Å². The van der Waals surface area contributed by atoms with Crippen LogP contribution in [0.15, 0.2) is 49.1 Å². The van der Waals surface area contributed by atoms with E-state index in [0.717, 1.165) is 82.1 Å². The van der Waals surface area contributed by atoms with E-state index in [0.29, 0.717) is 6.42 Å². The van der Waals surface area contributed by atoms with Gasteiger partial charge in [-0.15, -0.1) is 0 Å². The summed E-state index contributed by atoms with van der Waals surface area (Å²) in [6.45, 7) is 5.89. The molecule has 0 bridgehead atoms. The highest BCUT2D eigenvalue weighted by molar-refractivity contribution is 5.99. The van der Waals surface area contributed by atoms with Crippen LogP contribution in [-0.2, 0) is 0 Å². The summed E-state index contributed by atoms with van der Waals surface area (Å²) < 4.78 is 0. The van der Waals surface area contributed by atoms with Crippen molar-refractivity contribution in [3.63, 3.8) is 0 Å². The van der Waals surface area contributed by atoms with Crippen molar-refractivity contribution in [1.29, 1.82) is 0 Å². The predicted molar refractivity (Wildman–Crippen MR) is 142 cm³/mol. The smallest absolute Gasteiger partial charge is 0.138 e. The van der Waals surface area contributed by atoms with Crippen LogP contribution < -0.4 is 10.2 Å². The van der Waals surface area contributed by atoms with Crippen LogP contribution in [0.2, 0.25) is 0 Å². The number of fused-ring (bicyclic) bond motifs is 2. The number of likely N-dealkylation sites (N-methyl/N-ethyl adjacent to an activating group) is 1. The largest absolute Gasteiger partial charge is 0.374 e. The van der Waals surface area contributed by atoms with Gasteiger partial charge in [0.15, 0.2) is 0 Å². The Balaban J connectivity index is 1.37. The number of pyridine rings is 3. The van der Waals surface area contributed by atoms with Gasteiger partial charge in [-0.25, -0.2) is 4.98 Å². The molecule has 1 fully saturated rings. The molecule has 0 saturated carbocycles. The molecule has 1 unspecified atom stereocenters. The van der Waals surface area contributed by atoms with E-state index in [1.807, 2.05) is 31.3 Å². The van der Waals surface area contributed by atoms with Gasteiger partial charge in [0.25, 0.3) is 0 Å². The van der Waals surface area contributed by atoms with Gasteiger partial charge in [-0.2, -0.15) is 5.10 Å². The fraction of sp³-hybridized carbons (Fsp3) is 0.308. The summed E-state index contributed by atoms with van der Waals surface area (Å²) in [4.78, 5) is 21.9. The van der Waals surface area contributed by atoms with Gasteiger partial charge >= 0.3 is 0 Å². The molecule has 1 saturated heterocycles. The highest BCUT2D eigenvalue weighted by atomic mass is 16.3. The molecule has 10 nitrogen and oxygen atoms in total. The summed E-state index contributed by atoms with van der Waals surface area (Å²) in [5, 5.41) is 22.8. The quantitative estimate of drug-likeness (QED) is 0.271. The van der Waals surface area contributed by atoms with Crippen molar-refractivity contribution in [2.45, 2.75) is 19.6 Å². The number of nitrogens with zero attached hydrogens (tertiary/aromatic N) is 6. The van der Waals surface area contributed by atoms with Gasteiger partial charge in [-0.05, 0) is 37.7 Å². The number of nitrogens with one attached hydrogen (secondary N) is 3. The van der Waals surface area contributed by atoms with Gasteiger partial charge in [-0.3, -0.25) is 15.1 Å². The third-order valence-corrected chi connectivity index (χ3v) is 6.79. The number of piperazine rings is 1. The Bertz CT molecular complexity index is 1520. The summed E-state index contributed by atoms with van der Waals surface area (Å²) in [5.74, 6) is 1.01. The fourth-order valence-electron chi connectivity index (χ4n) is 4.67. The van der Waals surface area contributed by atoms with E-state index in [1.165, 1.54) is 0 Å². The lowest BCUT2D eigenvalue weighted by atomic mass is 10.1. The molecule has 6 heterocycles. The lowest BCUT2D eigenvalue weighted by Crippen LogP contribution is -2.44. The second-order valence-electron chi connectivity index (χ2n) is 9.29. The van der Waals surface area contributed by atoms with Gasteiger partial charge in [-0.1, -0.05) is 6.92 Å². The topological polar surface area (TPSA) is 122 Å². The maximum absolute atomic E-state index is 9.94. The van der Waals surface area contributed by atoms with Gasteiger partial charge < -0.3 is 25.2 Å². The summed E-state index contributed by atoms with van der Waals surface area (Å²) in [6, 6.07) is 8.12. The Morgan fingerprint density at radius 3 is 2.72 bits per heavy atom. The van der Waals surface area contributed by atoms with Crippen molar-refractivity contribution in [1.82, 2.24) is 35.0 Å². The molecule has 184 valence electrons. The Morgan fingerprint density at radius 2 is 1.89 bits per heavy atom. The molecule has 0 radical (unpaired) electrons. The molecule has 6 rings (SSSR count). The predicted octanol–water partition coefficient (Wildman–Crippen LogP) is 3.46. The summed E-state index contributed by atoms with van der Waals surface area (Å²) in [5.41, 5.74) is 6.04. The molecule has 36 heavy (non-hydrogen) atoms. The molecule has 5 aromatic heterocycles. The zero-order chi connectivity index (χ0) is 24.6. The van der Waals surface area contributed by atoms with Crippen LogP contribution in [-0.4, -0.2) is 79.6 Å². The van der Waals surface area contributed by atoms with Crippen molar-refractivity contribution in [3.8, 4) is 22.6 Å². The molecule has 0 aromatic carbocycles. The molecule has 5 aromatic rings. The number of aromatic nitrogens is 6. The van der Waals surface area contributed by atoms with Crippen LogP contribution >= 0.6 is 0 Å². The minimum atomic E-state index is -0.620. The van der Waals surface area contributed by atoms with E-state index in [-0.39, 0.29) is 0 Å². The molecule has 10 heteroatoms. The van der Waals surface area contributed by atoms with E-state index in [2.05, 4.69) is 53.4 Å². The van der Waals surface area contributed by atoms with E-state index in [4.69, 9.17) is 4.98 Å². The first-order valence-electron chi connectivity index (χ1n) is 12.2. The number of aliphatic hydroxyl groups is 1. The highest BCUT2D eigenvalue weighted by Crippen LogP contribution is 2.33. The second kappa shape index (κ2) is 9.21. The number of anilines is 2. The Morgan fingerprint density at radius 1 is 1.03 bits per heavy atom. The minimum absolute atomic E-state index is 0.601. The maximum atomic E-state index is 9.94. The minimum Gasteiger partial charge on any atom is -0.374 e. The summed E-state index contributed by atoms with van der Waals surface area (Å²) in [7, 11) is 2.16. The van der Waals surface area contributed by atoms with Crippen LogP contribution in [0.5, 0.6) is 0 Å². The van der Waals surface area contributed by atoms with Crippen molar-refractivity contribution < 1.29 is 5.11 Å². The van der Waals surface area contributed by atoms with Crippen molar-refractivity contribution in [2.75, 3.05) is 43.4 Å². The van der Waals surface area contributed by atoms with Crippen LogP contribution in [0.4, 0.5) is 11.5 Å². The van der Waals surface area contributed by atoms with Crippen LogP contribution in [0.1, 0.15) is 13.3 Å². The lowest BCUT2D eigenvalue weighted by Gasteiger charge is -2.33. The highest BCUT2D eigenvalue weighted by Gasteiger charge is 2.20. The molecular formula is C26H29N9O. The Kier molecular flexibility index (Phi) is 5.74. The molecule has 0 spiro atoms. The van der Waals surface area contributed by atoms with Crippen LogP contribution in [0, 0.1) is 0 Å². The van der Waals surface area contributed by atoms with Crippen LogP contribution in [0.25, 0.3) is 44.5 Å². The average molecular weight is 484 g/mol. The Hall–Kier alpha value is -4.02. The zero-order valence-corrected chi connectivity index (χ0v) is 20.4. The maximum Gasteiger partial charge on any atom is 0.138 e. The molecule has 0 amide bonds. The number of hydrogen-bond acceptors (Lipinski definition) is 8. The number of aliphatic hydroxyl groups excluding tert-OH is 1. The van der Waals surface area contributed by atoms with Gasteiger partial charge in [0.2, 0.25) is 0 Å². The zero-order valence-electron chi connectivity index (χ0n) is 20.4. The molecule has 1 aliphatic heterocycles. The monoisotopic (exact) mass is 483 g/mol. The fourth-order valence-corrected chi connectivity index (χ4v) is 4.67. The summed E-state index contributed by atoms with van der Waals surface area (Å²) >= 11 is 0. The standard InChI is InChI=1S/C26H29N9O/c1-3-24(36)30-17-10-16(13-27-14-17)21-11-18-23(15-29-21)32-33-25(18)22-12-19-20(31-22)4-5-28-26(19)35-8-6-34(2)7-9-35/h4-5,10-15,24,30-31,36H,3,6-9H2,1-2H3,(H,32,33). The summed E-state index contributed by atoms with van der Waals surface area (Å²) in [6.07, 6.45) is 7.11. The van der Waals surface area contributed by atoms with E-state index in [9.17, 15) is 5.11 Å². The van der Waals surface area contributed by atoms with Crippen molar-refractivity contribution in [2.24, 2.45) is 0 Å². The van der Waals surface area contributed by atoms with E-state index < -0.39 is 6.23 Å². The average Bonchev–Trinajstić information content (AvgIpc) is 3.53. The first kappa shape index (κ1) is 22.4. The van der Waals surface area contributed by atoms with Gasteiger partial charge in [0, 0.05) is 54.9 Å². The normalized spacial score (nSPS) is 15.6. The van der Waals surface area contributed by atoms with Gasteiger partial charge in [0.1, 0.15) is 17.7 Å². The van der Waals surface area contributed by atoms with Crippen molar-refractivity contribution >= 4 is 33.3 Å². The van der Waals surface area contributed by atoms with Gasteiger partial charge in [0.05, 0.1) is 40.5 Å². The lowest BCUT2D eigenvalue weighted by molar-refractivity contribution is 0.199. The third kappa shape index (κ3) is 4.14. The molecule has 0 aliphatic carbocycles. The molecule has 1 aliphatic rings. The molecular weight excluding hydrogens is 454 g/mol. The number of rotatable bonds is 6. The SMILES string of the molecule is CCC(O)Nc1cncc(-c2cc3c(-c4cc5c(N6CCN(C)CC6)nccc5[nH]4)n[nH]c3cn2)c1. The van der Waals surface area contributed by atoms with Crippen molar-refractivity contribution in [3.05, 3.63) is 49.1 Å². The first-order chi connectivity index (χ1) is 17.6. The number of H-pyrrole nitrogens is 2. The number of hydrogen-bond donors (Lipinski definition) is 4. The third-order valence-electron chi connectivity index (χ3n) is 6.79. The molecule has 1 atom stereocenters. The second-order valence-corrected chi connectivity index (χ2v) is 9.29. The Labute approximate surface area is 208 Å². The van der Waals surface area contributed by atoms with Crippen LogP contribution in [0.3, 0.4) is 0 Å². The first-order valence-corrected chi connectivity index (χ1v) is 12.2. The number of aromatic amines is 2. The molecule has 4 N–H and O–H groups in total. The van der Waals surface area contributed by atoms with E-state index in [1.54, 1.807) is 18.6 Å².